The second-order valence-corrected chi connectivity index (χ2v) is 8.81. The Balaban J connectivity index is 1.49. The van der Waals surface area contributed by atoms with Crippen LogP contribution in [0.25, 0.3) is 0 Å². The average Bonchev–Trinajstić information content (AvgIpc) is 3.44. The van der Waals surface area contributed by atoms with E-state index in [-0.39, 0.29) is 5.91 Å². The van der Waals surface area contributed by atoms with Gasteiger partial charge in [-0.25, -0.2) is 0 Å². The van der Waals surface area contributed by atoms with E-state index in [0.29, 0.717) is 23.0 Å². The van der Waals surface area contributed by atoms with Gasteiger partial charge in [0.05, 0.1) is 14.3 Å². The molecule has 4 rings (SSSR count). The lowest BCUT2D eigenvalue weighted by molar-refractivity contribution is 0.102. The fourth-order valence-electron chi connectivity index (χ4n) is 2.74. The molecule has 0 unspecified atom stereocenters. The topological polar surface area (TPSA) is 76.2 Å². The first-order chi connectivity index (χ1) is 13.5. The van der Waals surface area contributed by atoms with E-state index < -0.39 is 0 Å². The maximum Gasteiger partial charge on any atom is 0.256 e. The van der Waals surface area contributed by atoms with Crippen LogP contribution in [0.15, 0.2) is 42.5 Å². The number of methoxy groups -OCH3 is 1. The first-order valence-electron chi connectivity index (χ1n) is 8.71. The van der Waals surface area contributed by atoms with Crippen molar-refractivity contribution >= 4 is 56.9 Å². The van der Waals surface area contributed by atoms with Crippen molar-refractivity contribution in [3.8, 4) is 17.2 Å². The molecule has 1 fully saturated rings. The Labute approximate surface area is 189 Å². The summed E-state index contributed by atoms with van der Waals surface area (Å²) >= 11 is 4.36. The van der Waals surface area contributed by atoms with Crippen molar-refractivity contribution in [2.45, 2.75) is 18.8 Å². The smallest absolute Gasteiger partial charge is 0.256 e. The van der Waals surface area contributed by atoms with Crippen LogP contribution in [0.2, 0.25) is 0 Å². The Morgan fingerprint density at radius 3 is 2.36 bits per heavy atom. The molecule has 28 heavy (non-hydrogen) atoms. The van der Waals surface area contributed by atoms with Gasteiger partial charge in [-0.15, -0.1) is 0 Å². The molecule has 1 aliphatic carbocycles. The Morgan fingerprint density at radius 2 is 1.75 bits per heavy atom. The molecule has 1 heterocycles. The minimum atomic E-state index is -0.194. The number of nitrogens with one attached hydrogen (secondary N) is 2. The van der Waals surface area contributed by atoms with Crippen molar-refractivity contribution in [1.82, 2.24) is 10.2 Å². The third kappa shape index (κ3) is 4.43. The fraction of sp³-hybridized carbons (Fsp3) is 0.200. The number of hydrogen-bond acceptors (Lipinski definition) is 4. The molecule has 2 N–H and O–H groups in total. The number of rotatable bonds is 6. The lowest BCUT2D eigenvalue weighted by Gasteiger charge is -2.12. The van der Waals surface area contributed by atoms with E-state index >= 15 is 0 Å². The highest BCUT2D eigenvalue weighted by atomic mass is 127. The van der Waals surface area contributed by atoms with Crippen molar-refractivity contribution in [3.63, 3.8) is 0 Å². The molecule has 6 nitrogen and oxygen atoms in total. The third-order valence-electron chi connectivity index (χ3n) is 4.40. The minimum Gasteiger partial charge on any atom is -0.497 e. The van der Waals surface area contributed by atoms with Gasteiger partial charge in [0.1, 0.15) is 11.5 Å². The monoisotopic (exact) mass is 601 g/mol. The first-order valence-corrected chi connectivity index (χ1v) is 10.9. The van der Waals surface area contributed by atoms with Gasteiger partial charge in [0.2, 0.25) is 0 Å². The number of anilines is 1. The van der Waals surface area contributed by atoms with Gasteiger partial charge in [-0.05, 0) is 94.4 Å². The van der Waals surface area contributed by atoms with Crippen LogP contribution in [-0.4, -0.2) is 23.2 Å². The molecule has 0 aliphatic heterocycles. The molecule has 2 aromatic carbocycles. The van der Waals surface area contributed by atoms with Crippen LogP contribution in [0.4, 0.5) is 5.82 Å². The van der Waals surface area contributed by atoms with Crippen molar-refractivity contribution in [2.75, 3.05) is 12.4 Å². The molecule has 0 saturated heterocycles. The summed E-state index contributed by atoms with van der Waals surface area (Å²) in [7, 11) is 1.63. The number of nitrogens with zero attached hydrogens (tertiary/aromatic N) is 1. The molecule has 0 spiro atoms. The van der Waals surface area contributed by atoms with E-state index in [4.69, 9.17) is 9.47 Å². The van der Waals surface area contributed by atoms with Crippen molar-refractivity contribution in [3.05, 3.63) is 60.9 Å². The van der Waals surface area contributed by atoms with Gasteiger partial charge in [-0.2, -0.15) is 5.10 Å². The van der Waals surface area contributed by atoms with E-state index in [1.807, 2.05) is 42.5 Å². The van der Waals surface area contributed by atoms with Gasteiger partial charge in [-0.3, -0.25) is 9.89 Å². The lowest BCUT2D eigenvalue weighted by Crippen LogP contribution is -2.13. The Morgan fingerprint density at radius 1 is 1.11 bits per heavy atom. The molecule has 1 aliphatic rings. The first kappa shape index (κ1) is 19.5. The van der Waals surface area contributed by atoms with Crippen molar-refractivity contribution < 1.29 is 14.3 Å². The maximum atomic E-state index is 12.6. The van der Waals surface area contributed by atoms with Crippen LogP contribution in [-0.2, 0) is 0 Å². The number of hydrogen-bond donors (Lipinski definition) is 2. The maximum absolute atomic E-state index is 12.6. The number of carbonyl (C=O) groups excluding carboxylic acids is 1. The fourth-order valence-corrected chi connectivity index (χ4v) is 4.73. The number of H-pyrrole nitrogens is 1. The van der Waals surface area contributed by atoms with Gasteiger partial charge >= 0.3 is 0 Å². The largest absolute Gasteiger partial charge is 0.497 e. The quantitative estimate of drug-likeness (QED) is 0.364. The highest BCUT2D eigenvalue weighted by molar-refractivity contribution is 14.1. The number of aromatic amines is 1. The van der Waals surface area contributed by atoms with Crippen LogP contribution >= 0.6 is 45.2 Å². The molecule has 0 radical (unpaired) electrons. The molecule has 1 saturated carbocycles. The van der Waals surface area contributed by atoms with Crippen molar-refractivity contribution in [2.24, 2.45) is 0 Å². The predicted molar refractivity (Wildman–Crippen MR) is 123 cm³/mol. The summed E-state index contributed by atoms with van der Waals surface area (Å²) in [5.41, 5.74) is 1.65. The highest BCUT2D eigenvalue weighted by Gasteiger charge is 2.26. The summed E-state index contributed by atoms with van der Waals surface area (Å²) < 4.78 is 12.9. The van der Waals surface area contributed by atoms with Crippen molar-refractivity contribution in [1.29, 1.82) is 0 Å². The number of benzene rings is 2. The minimum absolute atomic E-state index is 0.194. The molecular formula is C20H17I2N3O3. The van der Waals surface area contributed by atoms with Gasteiger partial charge < -0.3 is 14.8 Å². The second kappa shape index (κ2) is 8.27. The average molecular weight is 601 g/mol. The summed E-state index contributed by atoms with van der Waals surface area (Å²) in [6, 6.07) is 12.9. The number of halogens is 2. The zero-order valence-electron chi connectivity index (χ0n) is 15.0. The molecule has 8 heteroatoms. The number of ether oxygens (including phenoxy) is 2. The van der Waals surface area contributed by atoms with E-state index in [1.54, 1.807) is 7.11 Å². The summed E-state index contributed by atoms with van der Waals surface area (Å²) in [5.74, 6) is 3.12. The van der Waals surface area contributed by atoms with Crippen LogP contribution < -0.4 is 14.8 Å². The number of carbonyl (C=O) groups is 1. The van der Waals surface area contributed by atoms with Crippen LogP contribution in [0, 0.1) is 7.14 Å². The third-order valence-corrected chi connectivity index (χ3v) is 6.00. The number of amides is 1. The number of aromatic nitrogens is 2. The molecule has 0 atom stereocenters. The van der Waals surface area contributed by atoms with Crippen LogP contribution in [0.5, 0.6) is 17.2 Å². The zero-order valence-corrected chi connectivity index (χ0v) is 19.3. The molecule has 144 valence electrons. The normalized spacial score (nSPS) is 13.2. The van der Waals surface area contributed by atoms with Crippen LogP contribution in [0.3, 0.4) is 0 Å². The van der Waals surface area contributed by atoms with Gasteiger partial charge in [0.15, 0.2) is 11.6 Å². The summed E-state index contributed by atoms with van der Waals surface area (Å²) in [6.45, 7) is 0. The van der Waals surface area contributed by atoms with E-state index in [9.17, 15) is 4.79 Å². The van der Waals surface area contributed by atoms with Gasteiger partial charge in [0, 0.05) is 23.2 Å². The molecule has 0 bridgehead atoms. The Hall–Kier alpha value is -1.82. The summed E-state index contributed by atoms with van der Waals surface area (Å²) in [6.07, 6.45) is 2.36. The summed E-state index contributed by atoms with van der Waals surface area (Å²) in [5, 5.41) is 10.0. The van der Waals surface area contributed by atoms with E-state index in [2.05, 4.69) is 60.7 Å². The second-order valence-electron chi connectivity index (χ2n) is 6.48. The van der Waals surface area contributed by atoms with Gasteiger partial charge in [-0.1, -0.05) is 0 Å². The standard InChI is InChI=1S/C20H17I2N3O3/c1-27-13-4-6-14(7-5-13)28-19-15(21)8-12(9-16(19)22)20(26)23-18-10-17(24-25-18)11-2-3-11/h4-11H,2-3H2,1H3,(H2,23,24,25,26). The van der Waals surface area contributed by atoms with E-state index in [0.717, 1.165) is 24.3 Å². The van der Waals surface area contributed by atoms with Gasteiger partial charge in [0.25, 0.3) is 5.91 Å². The Kier molecular flexibility index (Phi) is 5.76. The molecule has 3 aromatic rings. The van der Waals surface area contributed by atoms with Crippen LogP contribution in [0.1, 0.15) is 34.8 Å². The lowest BCUT2D eigenvalue weighted by atomic mass is 10.2. The summed E-state index contributed by atoms with van der Waals surface area (Å²) in [4.78, 5) is 12.6. The Bertz CT molecular complexity index is 991. The zero-order chi connectivity index (χ0) is 19.7. The molecule has 1 amide bonds. The highest BCUT2D eigenvalue weighted by Crippen LogP contribution is 2.39. The molecular weight excluding hydrogens is 584 g/mol. The SMILES string of the molecule is COc1ccc(Oc2c(I)cc(C(=O)Nc3cc(C4CC4)[nH]n3)cc2I)cc1. The predicted octanol–water partition coefficient (Wildman–Crippen LogP) is 5.55. The van der Waals surface area contributed by atoms with E-state index in [1.165, 1.54) is 12.8 Å². The molecule has 1 aromatic heterocycles.